The second-order valence-corrected chi connectivity index (χ2v) is 5.98. The third-order valence-corrected chi connectivity index (χ3v) is 4.18. The quantitative estimate of drug-likeness (QED) is 0.614. The van der Waals surface area contributed by atoms with Gasteiger partial charge in [0.2, 0.25) is 5.91 Å². The van der Waals surface area contributed by atoms with Gasteiger partial charge in [-0.2, -0.15) is 0 Å². The summed E-state index contributed by atoms with van der Waals surface area (Å²) in [6.07, 6.45) is 3.96. The number of furan rings is 1. The maximum atomic E-state index is 12.0. The molecule has 0 bridgehead atoms. The first kappa shape index (κ1) is 16.8. The molecule has 0 spiro atoms. The van der Waals surface area contributed by atoms with Gasteiger partial charge in [-0.25, -0.2) is 4.79 Å². The van der Waals surface area contributed by atoms with E-state index in [-0.39, 0.29) is 18.0 Å². The van der Waals surface area contributed by atoms with Gasteiger partial charge >= 0.3 is 5.97 Å². The van der Waals surface area contributed by atoms with E-state index in [2.05, 4.69) is 16.4 Å². The van der Waals surface area contributed by atoms with Gasteiger partial charge < -0.3 is 19.8 Å². The van der Waals surface area contributed by atoms with Crippen molar-refractivity contribution in [1.82, 2.24) is 10.3 Å². The SMILES string of the molecule is Cc1oc(CNC(=O)CCCc2c[nH]c3ccccc23)cc1C(=O)O. The molecule has 0 aliphatic rings. The Bertz CT molecular complexity index is 907. The molecule has 1 aromatic carbocycles. The van der Waals surface area contributed by atoms with Gasteiger partial charge in [-0.05, 0) is 37.5 Å². The first-order chi connectivity index (χ1) is 12.0. The lowest BCUT2D eigenvalue weighted by Gasteiger charge is -2.03. The van der Waals surface area contributed by atoms with Crippen LogP contribution in [0.2, 0.25) is 0 Å². The fourth-order valence-corrected chi connectivity index (χ4v) is 2.90. The molecule has 6 nitrogen and oxygen atoms in total. The van der Waals surface area contributed by atoms with Crippen LogP contribution in [-0.4, -0.2) is 22.0 Å². The number of carboxylic acids is 1. The van der Waals surface area contributed by atoms with Crippen molar-refractivity contribution < 1.29 is 19.1 Å². The first-order valence-electron chi connectivity index (χ1n) is 8.19. The summed E-state index contributed by atoms with van der Waals surface area (Å²) in [4.78, 5) is 26.2. The van der Waals surface area contributed by atoms with Gasteiger partial charge in [-0.15, -0.1) is 0 Å². The van der Waals surface area contributed by atoms with Crippen LogP contribution in [0.1, 0.15) is 40.3 Å². The summed E-state index contributed by atoms with van der Waals surface area (Å²) in [5.41, 5.74) is 2.43. The van der Waals surface area contributed by atoms with E-state index in [0.717, 1.165) is 18.4 Å². The lowest BCUT2D eigenvalue weighted by atomic mass is 10.1. The van der Waals surface area contributed by atoms with Crippen molar-refractivity contribution in [3.63, 3.8) is 0 Å². The van der Waals surface area contributed by atoms with E-state index in [1.807, 2.05) is 24.4 Å². The molecule has 3 aromatic rings. The van der Waals surface area contributed by atoms with Gasteiger partial charge in [0.15, 0.2) is 0 Å². The highest BCUT2D eigenvalue weighted by Gasteiger charge is 2.14. The van der Waals surface area contributed by atoms with Gasteiger partial charge in [0.1, 0.15) is 17.1 Å². The average molecular weight is 340 g/mol. The molecular weight excluding hydrogens is 320 g/mol. The summed E-state index contributed by atoms with van der Waals surface area (Å²) in [6.45, 7) is 1.79. The van der Waals surface area contributed by atoms with Gasteiger partial charge in [0.05, 0.1) is 6.54 Å². The molecule has 6 heteroatoms. The molecule has 0 saturated heterocycles. The average Bonchev–Trinajstić information content (AvgIpc) is 3.17. The van der Waals surface area contributed by atoms with Crippen molar-refractivity contribution in [3.8, 4) is 0 Å². The topological polar surface area (TPSA) is 95.3 Å². The predicted octanol–water partition coefficient (Wildman–Crippen LogP) is 3.41. The standard InChI is InChI=1S/C19H20N2O4/c1-12-16(19(23)24)9-14(25-12)11-21-18(22)8-4-5-13-10-20-17-7-3-2-6-15(13)17/h2-3,6-7,9-10,20H,4-5,8,11H2,1H3,(H,21,22)(H,23,24). The molecule has 0 unspecified atom stereocenters. The number of carboxylic acid groups (broad SMARTS) is 1. The number of rotatable bonds is 7. The molecule has 130 valence electrons. The number of amides is 1. The first-order valence-corrected chi connectivity index (χ1v) is 8.19. The van der Waals surface area contributed by atoms with E-state index < -0.39 is 5.97 Å². The largest absolute Gasteiger partial charge is 0.478 e. The minimum atomic E-state index is -1.03. The van der Waals surface area contributed by atoms with Crippen molar-refractivity contribution in [2.75, 3.05) is 0 Å². The van der Waals surface area contributed by atoms with Crippen molar-refractivity contribution in [1.29, 1.82) is 0 Å². The maximum Gasteiger partial charge on any atom is 0.339 e. The number of carbonyl (C=O) groups is 2. The molecular formula is C19H20N2O4. The molecule has 0 atom stereocenters. The molecule has 0 aliphatic carbocycles. The number of hydrogen-bond donors (Lipinski definition) is 3. The number of aromatic carboxylic acids is 1. The van der Waals surface area contributed by atoms with Crippen LogP contribution in [0.3, 0.4) is 0 Å². The summed E-state index contributed by atoms with van der Waals surface area (Å²) >= 11 is 0. The predicted molar refractivity (Wildman–Crippen MR) is 93.5 cm³/mol. The zero-order valence-electron chi connectivity index (χ0n) is 14.0. The zero-order valence-corrected chi connectivity index (χ0v) is 14.0. The van der Waals surface area contributed by atoms with Crippen LogP contribution in [-0.2, 0) is 17.8 Å². The van der Waals surface area contributed by atoms with Crippen molar-refractivity contribution >= 4 is 22.8 Å². The van der Waals surface area contributed by atoms with Gasteiger partial charge in [0, 0.05) is 23.5 Å². The van der Waals surface area contributed by atoms with E-state index in [1.165, 1.54) is 17.0 Å². The van der Waals surface area contributed by atoms with Crippen molar-refractivity contribution in [2.45, 2.75) is 32.7 Å². The fraction of sp³-hybridized carbons (Fsp3) is 0.263. The molecule has 2 aromatic heterocycles. The van der Waals surface area contributed by atoms with Gasteiger partial charge in [-0.1, -0.05) is 18.2 Å². The fourth-order valence-electron chi connectivity index (χ4n) is 2.90. The van der Waals surface area contributed by atoms with Crippen molar-refractivity contribution in [2.24, 2.45) is 0 Å². The Hall–Kier alpha value is -3.02. The highest BCUT2D eigenvalue weighted by molar-refractivity contribution is 5.88. The van der Waals surface area contributed by atoms with E-state index in [9.17, 15) is 9.59 Å². The van der Waals surface area contributed by atoms with Crippen LogP contribution < -0.4 is 5.32 Å². The number of benzene rings is 1. The van der Waals surface area contributed by atoms with E-state index in [1.54, 1.807) is 6.92 Å². The maximum absolute atomic E-state index is 12.0. The van der Waals surface area contributed by atoms with Crippen LogP contribution >= 0.6 is 0 Å². The molecule has 1 amide bonds. The molecule has 2 heterocycles. The minimum absolute atomic E-state index is 0.0780. The van der Waals surface area contributed by atoms with E-state index >= 15 is 0 Å². The Kier molecular flexibility index (Phi) is 4.88. The molecule has 0 fully saturated rings. The van der Waals surface area contributed by atoms with Crippen LogP contribution in [0.4, 0.5) is 0 Å². The van der Waals surface area contributed by atoms with E-state index in [4.69, 9.17) is 9.52 Å². The van der Waals surface area contributed by atoms with Crippen molar-refractivity contribution in [3.05, 3.63) is 59.2 Å². The Labute approximate surface area is 144 Å². The number of H-pyrrole nitrogens is 1. The van der Waals surface area contributed by atoms with Gasteiger partial charge in [0.25, 0.3) is 0 Å². The van der Waals surface area contributed by atoms with Crippen LogP contribution in [0.25, 0.3) is 10.9 Å². The second kappa shape index (κ2) is 7.25. The Morgan fingerprint density at radius 2 is 2.08 bits per heavy atom. The number of para-hydroxylation sites is 1. The van der Waals surface area contributed by atoms with Crippen LogP contribution in [0.5, 0.6) is 0 Å². The summed E-state index contributed by atoms with van der Waals surface area (Å²) in [5.74, 6) is -0.320. The minimum Gasteiger partial charge on any atom is -0.478 e. The van der Waals surface area contributed by atoms with Crippen LogP contribution in [0.15, 0.2) is 40.9 Å². The number of hydrogen-bond acceptors (Lipinski definition) is 3. The summed E-state index contributed by atoms with van der Waals surface area (Å²) < 4.78 is 5.34. The summed E-state index contributed by atoms with van der Waals surface area (Å²) in [5, 5.41) is 12.9. The Balaban J connectivity index is 1.47. The summed E-state index contributed by atoms with van der Waals surface area (Å²) in [6, 6.07) is 9.54. The van der Waals surface area contributed by atoms with Crippen LogP contribution in [0, 0.1) is 6.92 Å². The third kappa shape index (κ3) is 3.91. The highest BCUT2D eigenvalue weighted by atomic mass is 16.4. The highest BCUT2D eigenvalue weighted by Crippen LogP contribution is 2.19. The molecule has 25 heavy (non-hydrogen) atoms. The number of fused-ring (bicyclic) bond motifs is 1. The number of aryl methyl sites for hydroxylation is 2. The molecule has 0 aliphatic heterocycles. The normalized spacial score (nSPS) is 10.9. The van der Waals surface area contributed by atoms with E-state index in [0.29, 0.717) is 17.9 Å². The zero-order chi connectivity index (χ0) is 17.8. The molecule has 3 N–H and O–H groups in total. The molecule has 0 radical (unpaired) electrons. The number of aromatic amines is 1. The monoisotopic (exact) mass is 340 g/mol. The molecule has 0 saturated carbocycles. The van der Waals surface area contributed by atoms with Gasteiger partial charge in [-0.3, -0.25) is 4.79 Å². The Morgan fingerprint density at radius 1 is 1.28 bits per heavy atom. The Morgan fingerprint density at radius 3 is 2.84 bits per heavy atom. The number of nitrogens with one attached hydrogen (secondary N) is 2. The lowest BCUT2D eigenvalue weighted by Crippen LogP contribution is -2.22. The second-order valence-electron chi connectivity index (χ2n) is 5.98. The lowest BCUT2D eigenvalue weighted by molar-refractivity contribution is -0.121. The number of carbonyl (C=O) groups excluding carboxylic acids is 1. The summed E-state index contributed by atoms with van der Waals surface area (Å²) in [7, 11) is 0. The third-order valence-electron chi connectivity index (χ3n) is 4.18. The number of aromatic nitrogens is 1. The molecule has 3 rings (SSSR count). The smallest absolute Gasteiger partial charge is 0.339 e.